The van der Waals surface area contributed by atoms with Crippen LogP contribution in [0.1, 0.15) is 15.9 Å². The van der Waals surface area contributed by atoms with Crippen molar-refractivity contribution < 1.29 is 18.9 Å². The SMILES string of the molecule is COc1ccc(NC(=O)C[n+]2ccc(C(=O)c3ccccc3)cc2)cc1Cl. The van der Waals surface area contributed by atoms with Crippen molar-refractivity contribution in [1.29, 1.82) is 0 Å². The molecular formula is C21H18ClN2O3+. The van der Waals surface area contributed by atoms with Gasteiger partial charge in [-0.25, -0.2) is 0 Å². The summed E-state index contributed by atoms with van der Waals surface area (Å²) in [5.41, 5.74) is 1.78. The van der Waals surface area contributed by atoms with Gasteiger partial charge in [-0.3, -0.25) is 9.59 Å². The second-order valence-electron chi connectivity index (χ2n) is 5.85. The summed E-state index contributed by atoms with van der Waals surface area (Å²) in [6.45, 7) is 0.115. The second kappa shape index (κ2) is 8.47. The Bertz CT molecular complexity index is 957. The van der Waals surface area contributed by atoms with E-state index in [4.69, 9.17) is 16.3 Å². The molecule has 1 heterocycles. The lowest BCUT2D eigenvalue weighted by atomic mass is 10.0. The molecule has 0 atom stereocenters. The summed E-state index contributed by atoms with van der Waals surface area (Å²) >= 11 is 6.06. The van der Waals surface area contributed by atoms with Crippen molar-refractivity contribution in [3.63, 3.8) is 0 Å². The number of ether oxygens (including phenoxy) is 1. The molecule has 2 aromatic carbocycles. The van der Waals surface area contributed by atoms with Crippen molar-refractivity contribution in [2.75, 3.05) is 12.4 Å². The van der Waals surface area contributed by atoms with Crippen LogP contribution in [0.3, 0.4) is 0 Å². The fourth-order valence-corrected chi connectivity index (χ4v) is 2.84. The highest BCUT2D eigenvalue weighted by atomic mass is 35.5. The first-order valence-electron chi connectivity index (χ1n) is 8.29. The fourth-order valence-electron chi connectivity index (χ4n) is 2.58. The summed E-state index contributed by atoms with van der Waals surface area (Å²) in [4.78, 5) is 24.6. The number of nitrogens with zero attached hydrogens (tertiary/aromatic N) is 1. The largest absolute Gasteiger partial charge is 0.495 e. The van der Waals surface area contributed by atoms with Crippen LogP contribution in [0.2, 0.25) is 5.02 Å². The number of halogens is 1. The minimum Gasteiger partial charge on any atom is -0.495 e. The molecular weight excluding hydrogens is 364 g/mol. The molecule has 0 saturated carbocycles. The van der Waals surface area contributed by atoms with Crippen LogP contribution in [0.15, 0.2) is 73.1 Å². The number of hydrogen-bond acceptors (Lipinski definition) is 3. The van der Waals surface area contributed by atoms with Gasteiger partial charge in [-0.15, -0.1) is 0 Å². The summed E-state index contributed by atoms with van der Waals surface area (Å²) in [5.74, 6) is 0.283. The summed E-state index contributed by atoms with van der Waals surface area (Å²) in [5, 5.41) is 3.20. The van der Waals surface area contributed by atoms with Crippen molar-refractivity contribution in [2.24, 2.45) is 0 Å². The van der Waals surface area contributed by atoms with Gasteiger partial charge in [0.1, 0.15) is 5.75 Å². The van der Waals surface area contributed by atoms with Gasteiger partial charge in [-0.1, -0.05) is 41.9 Å². The van der Waals surface area contributed by atoms with Crippen molar-refractivity contribution >= 4 is 29.0 Å². The van der Waals surface area contributed by atoms with E-state index in [9.17, 15) is 9.59 Å². The molecule has 1 aromatic heterocycles. The van der Waals surface area contributed by atoms with Crippen molar-refractivity contribution in [3.05, 3.63) is 89.2 Å². The van der Waals surface area contributed by atoms with E-state index < -0.39 is 0 Å². The molecule has 0 radical (unpaired) electrons. The van der Waals surface area contributed by atoms with E-state index in [-0.39, 0.29) is 18.2 Å². The lowest BCUT2D eigenvalue weighted by Crippen LogP contribution is -2.39. The number of aromatic nitrogens is 1. The first-order valence-corrected chi connectivity index (χ1v) is 8.67. The Morgan fingerprint density at radius 2 is 1.67 bits per heavy atom. The Morgan fingerprint density at radius 1 is 1.00 bits per heavy atom. The Balaban J connectivity index is 1.63. The molecule has 3 aromatic rings. The van der Waals surface area contributed by atoms with Crippen LogP contribution in [0.25, 0.3) is 0 Å². The van der Waals surface area contributed by atoms with E-state index in [0.717, 1.165) is 0 Å². The van der Waals surface area contributed by atoms with Crippen LogP contribution in [-0.4, -0.2) is 18.8 Å². The van der Waals surface area contributed by atoms with E-state index >= 15 is 0 Å². The number of carbonyl (C=O) groups is 2. The standard InChI is InChI=1S/C21H17ClN2O3/c1-27-19-8-7-17(13-18(19)22)23-20(25)14-24-11-9-16(10-12-24)21(26)15-5-3-2-4-6-15/h2-13H,14H2,1H3/p+1. The molecule has 3 rings (SSSR count). The predicted octanol–water partition coefficient (Wildman–Crippen LogP) is 3.51. The number of rotatable bonds is 6. The summed E-state index contributed by atoms with van der Waals surface area (Å²) < 4.78 is 6.78. The van der Waals surface area contributed by atoms with Crippen LogP contribution in [0.4, 0.5) is 5.69 Å². The van der Waals surface area contributed by atoms with Gasteiger partial charge in [0.15, 0.2) is 18.2 Å². The third-order valence-corrected chi connectivity index (χ3v) is 4.25. The molecule has 0 aliphatic carbocycles. The Hall–Kier alpha value is -3.18. The highest BCUT2D eigenvalue weighted by Gasteiger charge is 2.13. The molecule has 1 N–H and O–H groups in total. The lowest BCUT2D eigenvalue weighted by Gasteiger charge is -2.07. The number of anilines is 1. The first kappa shape index (κ1) is 18.6. The molecule has 0 fully saturated rings. The van der Waals surface area contributed by atoms with Crippen LogP contribution < -0.4 is 14.6 Å². The summed E-state index contributed by atoms with van der Waals surface area (Å²) in [6.07, 6.45) is 3.41. The van der Waals surface area contributed by atoms with Gasteiger partial charge in [0.2, 0.25) is 6.54 Å². The van der Waals surface area contributed by atoms with E-state index in [1.807, 2.05) is 18.2 Å². The molecule has 0 unspecified atom stereocenters. The molecule has 0 spiro atoms. The van der Waals surface area contributed by atoms with Gasteiger partial charge < -0.3 is 10.1 Å². The monoisotopic (exact) mass is 381 g/mol. The van der Waals surface area contributed by atoms with Crippen LogP contribution >= 0.6 is 11.6 Å². The second-order valence-corrected chi connectivity index (χ2v) is 6.26. The number of carbonyl (C=O) groups excluding carboxylic acids is 2. The minimum absolute atomic E-state index is 0.0555. The molecule has 136 valence electrons. The Kier molecular flexibility index (Phi) is 5.84. The van der Waals surface area contributed by atoms with Crippen molar-refractivity contribution in [2.45, 2.75) is 6.54 Å². The molecule has 6 heteroatoms. The van der Waals surface area contributed by atoms with Crippen molar-refractivity contribution in [3.8, 4) is 5.75 Å². The number of nitrogens with one attached hydrogen (secondary N) is 1. The quantitative estimate of drug-likeness (QED) is 0.525. The van der Waals surface area contributed by atoms with Gasteiger partial charge in [0.05, 0.1) is 12.1 Å². The number of methoxy groups -OCH3 is 1. The molecule has 0 saturated heterocycles. The van der Waals surface area contributed by atoms with E-state index in [0.29, 0.717) is 27.6 Å². The number of pyridine rings is 1. The maximum Gasteiger partial charge on any atom is 0.290 e. The average molecular weight is 382 g/mol. The normalized spacial score (nSPS) is 10.3. The number of hydrogen-bond donors (Lipinski definition) is 1. The third-order valence-electron chi connectivity index (χ3n) is 3.95. The lowest BCUT2D eigenvalue weighted by molar-refractivity contribution is -0.684. The molecule has 1 amide bonds. The maximum atomic E-state index is 12.4. The van der Waals surface area contributed by atoms with Crippen LogP contribution in [0, 0.1) is 0 Å². The van der Waals surface area contributed by atoms with Gasteiger partial charge >= 0.3 is 0 Å². The van der Waals surface area contributed by atoms with Gasteiger partial charge in [0, 0.05) is 28.9 Å². The Labute approximate surface area is 162 Å². The highest BCUT2D eigenvalue weighted by molar-refractivity contribution is 6.32. The zero-order chi connectivity index (χ0) is 19.2. The highest BCUT2D eigenvalue weighted by Crippen LogP contribution is 2.27. The summed E-state index contributed by atoms with van der Waals surface area (Å²) in [7, 11) is 1.53. The Morgan fingerprint density at radius 3 is 2.30 bits per heavy atom. The predicted molar refractivity (Wildman–Crippen MR) is 103 cm³/mol. The molecule has 5 nitrogen and oxygen atoms in total. The number of benzene rings is 2. The molecule has 0 aliphatic heterocycles. The van der Waals surface area contributed by atoms with Crippen LogP contribution in [-0.2, 0) is 11.3 Å². The maximum absolute atomic E-state index is 12.4. The van der Waals surface area contributed by atoms with E-state index in [2.05, 4.69) is 5.32 Å². The van der Waals surface area contributed by atoms with Gasteiger partial charge in [-0.2, -0.15) is 4.57 Å². The molecule has 0 bridgehead atoms. The molecule has 27 heavy (non-hydrogen) atoms. The van der Waals surface area contributed by atoms with Gasteiger partial charge in [-0.05, 0) is 18.2 Å². The average Bonchev–Trinajstić information content (AvgIpc) is 2.69. The van der Waals surface area contributed by atoms with E-state index in [1.165, 1.54) is 7.11 Å². The molecule has 0 aliphatic rings. The zero-order valence-corrected chi connectivity index (χ0v) is 15.4. The zero-order valence-electron chi connectivity index (χ0n) is 14.7. The number of ketones is 1. The number of amides is 1. The minimum atomic E-state index is -0.205. The fraction of sp³-hybridized carbons (Fsp3) is 0.0952. The first-order chi connectivity index (χ1) is 13.1. The van der Waals surface area contributed by atoms with E-state index in [1.54, 1.807) is 59.4 Å². The topological polar surface area (TPSA) is 59.3 Å². The summed E-state index contributed by atoms with van der Waals surface area (Å²) in [6, 6.07) is 17.5. The third kappa shape index (κ3) is 4.71. The van der Waals surface area contributed by atoms with Gasteiger partial charge in [0.25, 0.3) is 5.91 Å². The van der Waals surface area contributed by atoms with Crippen LogP contribution in [0.5, 0.6) is 5.75 Å². The smallest absolute Gasteiger partial charge is 0.290 e. The van der Waals surface area contributed by atoms with Crippen molar-refractivity contribution in [1.82, 2.24) is 0 Å².